The first-order valence-electron chi connectivity index (χ1n) is 7.89. The fourth-order valence-electron chi connectivity index (χ4n) is 3.03. The lowest BCUT2D eigenvalue weighted by atomic mass is 10.1. The van der Waals surface area contributed by atoms with Crippen LogP contribution in [-0.4, -0.2) is 8.07 Å². The van der Waals surface area contributed by atoms with Crippen LogP contribution < -0.4 is 0 Å². The molecule has 118 valence electrons. The molecular formula is C19H27NOSi. The Morgan fingerprint density at radius 2 is 1.41 bits per heavy atom. The summed E-state index contributed by atoms with van der Waals surface area (Å²) in [5.74, 6) is 0. The fraction of sp³-hybridized carbons (Fsp3) is 0.368. The Bertz CT molecular complexity index is 466. The zero-order chi connectivity index (χ0) is 16.3. The van der Waals surface area contributed by atoms with Gasteiger partial charge < -0.3 is 0 Å². The second-order valence-corrected chi connectivity index (χ2v) is 10.7. The molecule has 0 aliphatic rings. The van der Waals surface area contributed by atoms with Gasteiger partial charge in [0.05, 0.1) is 8.07 Å². The van der Waals surface area contributed by atoms with Gasteiger partial charge in [-0.2, -0.15) is 4.91 Å². The van der Waals surface area contributed by atoms with Crippen molar-refractivity contribution in [3.63, 3.8) is 0 Å². The Labute approximate surface area is 135 Å². The van der Waals surface area contributed by atoms with E-state index in [1.165, 1.54) is 18.0 Å². The van der Waals surface area contributed by atoms with E-state index < -0.39 is 8.07 Å². The molecule has 0 atom stereocenters. The molecule has 0 fully saturated rings. The van der Waals surface area contributed by atoms with Crippen molar-refractivity contribution in [2.24, 2.45) is 5.18 Å². The van der Waals surface area contributed by atoms with Crippen LogP contribution in [0.15, 0.2) is 67.4 Å². The molecule has 3 heteroatoms. The maximum atomic E-state index is 10.3. The van der Waals surface area contributed by atoms with E-state index in [1.54, 1.807) is 0 Å². The number of rotatable bonds is 12. The van der Waals surface area contributed by atoms with E-state index in [-0.39, 0.29) is 6.54 Å². The molecule has 0 N–H and O–H groups in total. The van der Waals surface area contributed by atoms with Crippen molar-refractivity contribution in [3.8, 4) is 0 Å². The maximum absolute atomic E-state index is 10.3. The van der Waals surface area contributed by atoms with E-state index in [4.69, 9.17) is 0 Å². The molecular weight excluding hydrogens is 286 g/mol. The highest BCUT2D eigenvalue weighted by atomic mass is 28.3. The summed E-state index contributed by atoms with van der Waals surface area (Å²) in [6.07, 6.45) is 8.48. The minimum absolute atomic E-state index is 0.258. The number of nitrogens with zero attached hydrogens (tertiary/aromatic N) is 1. The van der Waals surface area contributed by atoms with Crippen LogP contribution in [0.4, 0.5) is 0 Å². The zero-order valence-electron chi connectivity index (χ0n) is 13.5. The van der Waals surface area contributed by atoms with E-state index in [0.29, 0.717) is 0 Å². The largest absolute Gasteiger partial charge is 0.150 e. The van der Waals surface area contributed by atoms with Crippen LogP contribution in [0.25, 0.3) is 0 Å². The molecule has 22 heavy (non-hydrogen) atoms. The smallest absolute Gasteiger partial charge is 0.106 e. The molecule has 0 amide bonds. The minimum Gasteiger partial charge on any atom is -0.150 e. The van der Waals surface area contributed by atoms with Crippen LogP contribution >= 0.6 is 0 Å². The number of aryl methyl sites for hydroxylation is 1. The lowest BCUT2D eigenvalue weighted by Crippen LogP contribution is -2.32. The third-order valence-electron chi connectivity index (χ3n) is 4.17. The number of nitroso groups, excluding NO2 is 1. The summed E-state index contributed by atoms with van der Waals surface area (Å²) in [6.45, 7) is 12.1. The van der Waals surface area contributed by atoms with Gasteiger partial charge in [-0.15, -0.1) is 19.7 Å². The first-order chi connectivity index (χ1) is 10.7. The van der Waals surface area contributed by atoms with Gasteiger partial charge in [0, 0.05) is 0 Å². The fourth-order valence-corrected chi connectivity index (χ4v) is 6.90. The van der Waals surface area contributed by atoms with Crippen molar-refractivity contribution in [2.45, 2.75) is 43.6 Å². The number of allylic oxidation sites excluding steroid dienone is 3. The molecule has 0 aliphatic heterocycles. The van der Waals surface area contributed by atoms with Gasteiger partial charge in [0.25, 0.3) is 0 Å². The molecule has 0 saturated carbocycles. The topological polar surface area (TPSA) is 29.4 Å². The van der Waals surface area contributed by atoms with Crippen molar-refractivity contribution in [2.75, 3.05) is 0 Å². The zero-order valence-corrected chi connectivity index (χ0v) is 14.5. The molecule has 0 radical (unpaired) electrons. The van der Waals surface area contributed by atoms with Gasteiger partial charge in [0.1, 0.15) is 6.54 Å². The quantitative estimate of drug-likeness (QED) is 0.269. The molecule has 0 unspecified atom stereocenters. The van der Waals surface area contributed by atoms with Crippen LogP contribution in [-0.2, 0) is 13.0 Å². The third kappa shape index (κ3) is 5.94. The van der Waals surface area contributed by atoms with Crippen molar-refractivity contribution in [1.29, 1.82) is 0 Å². The summed E-state index contributed by atoms with van der Waals surface area (Å²) in [5.41, 5.74) is 2.31. The van der Waals surface area contributed by atoms with E-state index in [9.17, 15) is 4.91 Å². The minimum atomic E-state index is -1.38. The van der Waals surface area contributed by atoms with Crippen molar-refractivity contribution < 1.29 is 0 Å². The Morgan fingerprint density at radius 1 is 0.909 bits per heavy atom. The second-order valence-electron chi connectivity index (χ2n) is 5.94. The molecule has 0 aliphatic carbocycles. The van der Waals surface area contributed by atoms with E-state index in [0.717, 1.165) is 30.1 Å². The summed E-state index contributed by atoms with van der Waals surface area (Å²) in [6, 6.07) is 12.9. The van der Waals surface area contributed by atoms with Gasteiger partial charge in [-0.1, -0.05) is 60.1 Å². The predicted octanol–water partition coefficient (Wildman–Crippen LogP) is 5.89. The molecule has 1 aromatic rings. The lowest BCUT2D eigenvalue weighted by Gasteiger charge is -2.28. The average molecular weight is 314 g/mol. The average Bonchev–Trinajstić information content (AvgIpc) is 2.50. The van der Waals surface area contributed by atoms with Crippen LogP contribution in [0, 0.1) is 4.91 Å². The standard InChI is InChI=1S/C19H27NOSi/c1-4-13-22(14-5-2,15-6-3)16-7-8-18-9-11-19(12-10-18)17-20-21/h4-6,9-12H,1-3,7-8,13-17H2. The number of benzene rings is 1. The van der Waals surface area contributed by atoms with Gasteiger partial charge in [0.2, 0.25) is 0 Å². The van der Waals surface area contributed by atoms with Gasteiger partial charge >= 0.3 is 0 Å². The molecule has 1 aromatic carbocycles. The number of hydrogen-bond donors (Lipinski definition) is 0. The van der Waals surface area contributed by atoms with Gasteiger partial charge in [-0.25, -0.2) is 0 Å². The Balaban J connectivity index is 2.60. The summed E-state index contributed by atoms with van der Waals surface area (Å²) in [5, 5.41) is 2.92. The summed E-state index contributed by atoms with van der Waals surface area (Å²) in [7, 11) is -1.38. The van der Waals surface area contributed by atoms with Crippen molar-refractivity contribution >= 4 is 8.07 Å². The van der Waals surface area contributed by atoms with Gasteiger partial charge in [-0.05, 0) is 35.7 Å². The molecule has 2 nitrogen and oxygen atoms in total. The Kier molecular flexibility index (Phi) is 8.37. The van der Waals surface area contributed by atoms with Crippen LogP contribution in [0.2, 0.25) is 24.2 Å². The molecule has 0 bridgehead atoms. The van der Waals surface area contributed by atoms with Crippen LogP contribution in [0.1, 0.15) is 17.5 Å². The molecule has 0 heterocycles. The predicted molar refractivity (Wildman–Crippen MR) is 99.8 cm³/mol. The van der Waals surface area contributed by atoms with E-state index in [1.807, 2.05) is 12.1 Å². The first kappa shape index (κ1) is 18.3. The third-order valence-corrected chi connectivity index (χ3v) is 9.05. The highest BCUT2D eigenvalue weighted by molar-refractivity contribution is 6.81. The van der Waals surface area contributed by atoms with Crippen LogP contribution in [0.5, 0.6) is 0 Å². The molecule has 0 aromatic heterocycles. The maximum Gasteiger partial charge on any atom is 0.106 e. The monoisotopic (exact) mass is 313 g/mol. The van der Waals surface area contributed by atoms with Crippen molar-refractivity contribution in [3.05, 3.63) is 78.3 Å². The Hall–Kier alpha value is -1.74. The first-order valence-corrected chi connectivity index (χ1v) is 10.7. The summed E-state index contributed by atoms with van der Waals surface area (Å²) in [4.78, 5) is 10.3. The highest BCUT2D eigenvalue weighted by Gasteiger charge is 2.27. The van der Waals surface area contributed by atoms with Crippen molar-refractivity contribution in [1.82, 2.24) is 0 Å². The molecule has 0 spiro atoms. The second kappa shape index (κ2) is 10.1. The highest BCUT2D eigenvalue weighted by Crippen LogP contribution is 2.29. The Morgan fingerprint density at radius 3 is 1.86 bits per heavy atom. The molecule has 0 saturated heterocycles. The van der Waals surface area contributed by atoms with E-state index in [2.05, 4.69) is 55.3 Å². The van der Waals surface area contributed by atoms with Gasteiger partial charge in [0.15, 0.2) is 0 Å². The SMILES string of the molecule is C=CC[Si](CC=C)(CC=C)CCCc1ccc(CN=O)cc1. The summed E-state index contributed by atoms with van der Waals surface area (Å²) >= 11 is 0. The summed E-state index contributed by atoms with van der Waals surface area (Å²) < 4.78 is 0. The van der Waals surface area contributed by atoms with Gasteiger partial charge in [-0.3, -0.25) is 0 Å². The van der Waals surface area contributed by atoms with Crippen LogP contribution in [0.3, 0.4) is 0 Å². The molecule has 1 rings (SSSR count). The van der Waals surface area contributed by atoms with E-state index >= 15 is 0 Å². The number of hydrogen-bond acceptors (Lipinski definition) is 2. The normalized spacial score (nSPS) is 10.9. The lowest BCUT2D eigenvalue weighted by molar-refractivity contribution is 0.890.